The van der Waals surface area contributed by atoms with Gasteiger partial charge in [0, 0.05) is 43.6 Å². The Bertz CT molecular complexity index is 3140. The zero-order valence-corrected chi connectivity index (χ0v) is 27.5. The van der Waals surface area contributed by atoms with Crippen LogP contribution < -0.4 is 0 Å². The van der Waals surface area contributed by atoms with Gasteiger partial charge in [-0.05, 0) is 88.5 Å². The van der Waals surface area contributed by atoms with Crippen molar-refractivity contribution in [1.82, 2.24) is 4.57 Å². The SMILES string of the molecule is c1ccc(-c2cccc(-c3cc(-n4c5ccccc5c5cc(-c6ccc7oc8ccccc8c7c6)ccc54)cc4c3oc3ccccc34)c2)cc1. The molecule has 0 aliphatic rings. The molecule has 0 aliphatic heterocycles. The standard InChI is InChI=1S/C48H29NO2/c1-2-11-30(12-3-1)31-13-10-14-34(25-31)39-28-35(29-42-38-17-6-9-20-46(38)51-48(39)42)49-43-18-7-4-15-36(43)40-26-32(21-23-44(40)49)33-22-24-47-41(27-33)37-16-5-8-19-45(37)50-47/h1-29H. The second-order valence-electron chi connectivity index (χ2n) is 13.3. The lowest BCUT2D eigenvalue weighted by Gasteiger charge is -2.13. The van der Waals surface area contributed by atoms with Crippen LogP contribution in [0.4, 0.5) is 0 Å². The molecule has 8 aromatic carbocycles. The van der Waals surface area contributed by atoms with Gasteiger partial charge in [0.05, 0.1) is 11.0 Å². The van der Waals surface area contributed by atoms with Crippen LogP contribution in [0.25, 0.3) is 105 Å². The highest BCUT2D eigenvalue weighted by Gasteiger charge is 2.19. The molecular weight excluding hydrogens is 623 g/mol. The van der Waals surface area contributed by atoms with Crippen LogP contribution in [-0.2, 0) is 0 Å². The van der Waals surface area contributed by atoms with E-state index in [1.807, 2.05) is 18.2 Å². The number of aromatic nitrogens is 1. The monoisotopic (exact) mass is 651 g/mol. The maximum absolute atomic E-state index is 6.63. The molecule has 0 fully saturated rings. The zero-order valence-electron chi connectivity index (χ0n) is 27.5. The molecule has 0 atom stereocenters. The molecule has 0 unspecified atom stereocenters. The first-order valence-corrected chi connectivity index (χ1v) is 17.3. The molecule has 3 heterocycles. The summed E-state index contributed by atoms with van der Waals surface area (Å²) in [6, 6.07) is 62.7. The van der Waals surface area contributed by atoms with Crippen LogP contribution in [0.2, 0.25) is 0 Å². The molecule has 0 saturated heterocycles. The van der Waals surface area contributed by atoms with Gasteiger partial charge in [-0.3, -0.25) is 0 Å². The number of nitrogens with zero attached hydrogens (tertiary/aromatic N) is 1. The van der Waals surface area contributed by atoms with Crippen molar-refractivity contribution < 1.29 is 8.83 Å². The van der Waals surface area contributed by atoms with Crippen LogP contribution in [0.3, 0.4) is 0 Å². The van der Waals surface area contributed by atoms with Gasteiger partial charge in [0.25, 0.3) is 0 Å². The quantitative estimate of drug-likeness (QED) is 0.190. The van der Waals surface area contributed by atoms with E-state index in [1.165, 1.54) is 33.0 Å². The highest BCUT2D eigenvalue weighted by molar-refractivity contribution is 6.14. The summed E-state index contributed by atoms with van der Waals surface area (Å²) in [5, 5.41) is 6.92. The normalized spacial score (nSPS) is 11.9. The van der Waals surface area contributed by atoms with Crippen molar-refractivity contribution in [3.8, 4) is 39.1 Å². The number of hydrogen-bond acceptors (Lipinski definition) is 2. The maximum Gasteiger partial charge on any atom is 0.143 e. The van der Waals surface area contributed by atoms with Crippen LogP contribution in [0.5, 0.6) is 0 Å². The minimum Gasteiger partial charge on any atom is -0.456 e. The zero-order chi connectivity index (χ0) is 33.5. The van der Waals surface area contributed by atoms with Gasteiger partial charge in [0.15, 0.2) is 0 Å². The summed E-state index contributed by atoms with van der Waals surface area (Å²) in [5.74, 6) is 0. The molecule has 0 N–H and O–H groups in total. The van der Waals surface area contributed by atoms with Gasteiger partial charge in [0.2, 0.25) is 0 Å². The van der Waals surface area contributed by atoms with E-state index in [0.29, 0.717) is 0 Å². The third kappa shape index (κ3) is 4.32. The fraction of sp³-hybridized carbons (Fsp3) is 0. The van der Waals surface area contributed by atoms with Crippen molar-refractivity contribution in [2.45, 2.75) is 0 Å². The first kappa shape index (κ1) is 28.0. The summed E-state index contributed by atoms with van der Waals surface area (Å²) in [6.07, 6.45) is 0. The Labute approximate surface area is 293 Å². The lowest BCUT2D eigenvalue weighted by molar-refractivity contribution is 0.669. The maximum atomic E-state index is 6.63. The minimum absolute atomic E-state index is 0.888. The summed E-state index contributed by atoms with van der Waals surface area (Å²) >= 11 is 0. The van der Waals surface area contributed by atoms with Crippen molar-refractivity contribution in [3.05, 3.63) is 176 Å². The van der Waals surface area contributed by atoms with Gasteiger partial charge in [-0.25, -0.2) is 0 Å². The lowest BCUT2D eigenvalue weighted by atomic mass is 9.97. The van der Waals surface area contributed by atoms with Crippen LogP contribution >= 0.6 is 0 Å². The lowest BCUT2D eigenvalue weighted by Crippen LogP contribution is -1.95. The van der Waals surface area contributed by atoms with Crippen LogP contribution in [0, 0.1) is 0 Å². The van der Waals surface area contributed by atoms with E-state index in [2.05, 4.69) is 162 Å². The fourth-order valence-corrected chi connectivity index (χ4v) is 7.99. The molecule has 0 aliphatic carbocycles. The van der Waals surface area contributed by atoms with Crippen molar-refractivity contribution in [2.24, 2.45) is 0 Å². The predicted octanol–water partition coefficient (Wildman–Crippen LogP) is 13.6. The van der Waals surface area contributed by atoms with E-state index in [0.717, 1.165) is 71.7 Å². The number of fused-ring (bicyclic) bond motifs is 9. The molecule has 0 spiro atoms. The largest absolute Gasteiger partial charge is 0.456 e. The summed E-state index contributed by atoms with van der Waals surface area (Å²) in [6.45, 7) is 0. The van der Waals surface area contributed by atoms with Gasteiger partial charge in [-0.2, -0.15) is 0 Å². The molecule has 3 heteroatoms. The van der Waals surface area contributed by atoms with E-state index in [4.69, 9.17) is 8.83 Å². The molecule has 51 heavy (non-hydrogen) atoms. The Hall–Kier alpha value is -6.84. The smallest absolute Gasteiger partial charge is 0.143 e. The molecule has 11 rings (SSSR count). The van der Waals surface area contributed by atoms with Crippen LogP contribution in [0.1, 0.15) is 0 Å². The Morgan fingerprint density at radius 3 is 1.75 bits per heavy atom. The Morgan fingerprint density at radius 1 is 0.314 bits per heavy atom. The van der Waals surface area contributed by atoms with E-state index in [1.54, 1.807) is 0 Å². The second-order valence-corrected chi connectivity index (χ2v) is 13.3. The molecule has 0 amide bonds. The molecule has 3 aromatic heterocycles. The molecule has 0 radical (unpaired) electrons. The van der Waals surface area contributed by atoms with E-state index < -0.39 is 0 Å². The van der Waals surface area contributed by atoms with Crippen LogP contribution in [-0.4, -0.2) is 4.57 Å². The first-order valence-electron chi connectivity index (χ1n) is 17.3. The number of hydrogen-bond donors (Lipinski definition) is 0. The molecule has 0 bridgehead atoms. The van der Waals surface area contributed by atoms with Crippen molar-refractivity contribution >= 4 is 65.7 Å². The summed E-state index contributed by atoms with van der Waals surface area (Å²) in [4.78, 5) is 0. The average Bonchev–Trinajstić information content (AvgIpc) is 3.87. The number of furan rings is 2. The second kappa shape index (κ2) is 10.8. The van der Waals surface area contributed by atoms with E-state index in [9.17, 15) is 0 Å². The third-order valence-electron chi connectivity index (χ3n) is 10.4. The van der Waals surface area contributed by atoms with Gasteiger partial charge < -0.3 is 13.4 Å². The third-order valence-corrected chi connectivity index (χ3v) is 10.4. The Morgan fingerprint density at radius 2 is 0.902 bits per heavy atom. The average molecular weight is 652 g/mol. The summed E-state index contributed by atoms with van der Waals surface area (Å²) < 4.78 is 15.2. The van der Waals surface area contributed by atoms with E-state index >= 15 is 0 Å². The Kier molecular flexibility index (Phi) is 5.96. The van der Waals surface area contributed by atoms with Crippen molar-refractivity contribution in [2.75, 3.05) is 0 Å². The van der Waals surface area contributed by atoms with Gasteiger partial charge in [-0.1, -0.05) is 115 Å². The van der Waals surface area contributed by atoms with Gasteiger partial charge in [0.1, 0.15) is 22.3 Å². The predicted molar refractivity (Wildman–Crippen MR) is 212 cm³/mol. The molecule has 3 nitrogen and oxygen atoms in total. The topological polar surface area (TPSA) is 31.2 Å². The van der Waals surface area contributed by atoms with Gasteiger partial charge in [-0.15, -0.1) is 0 Å². The van der Waals surface area contributed by atoms with Crippen LogP contribution in [0.15, 0.2) is 185 Å². The number of benzene rings is 8. The summed E-state index contributed by atoms with van der Waals surface area (Å²) in [7, 11) is 0. The fourth-order valence-electron chi connectivity index (χ4n) is 7.99. The van der Waals surface area contributed by atoms with Crippen molar-refractivity contribution in [3.63, 3.8) is 0 Å². The van der Waals surface area contributed by atoms with E-state index in [-0.39, 0.29) is 0 Å². The van der Waals surface area contributed by atoms with Gasteiger partial charge >= 0.3 is 0 Å². The van der Waals surface area contributed by atoms with Crippen molar-refractivity contribution in [1.29, 1.82) is 0 Å². The Balaban J connectivity index is 1.15. The molecular formula is C48H29NO2. The highest BCUT2D eigenvalue weighted by atomic mass is 16.3. The summed E-state index contributed by atoms with van der Waals surface area (Å²) in [5.41, 5.74) is 13.9. The minimum atomic E-state index is 0.888. The highest BCUT2D eigenvalue weighted by Crippen LogP contribution is 2.42. The first-order chi connectivity index (χ1) is 25.3. The molecule has 0 saturated carbocycles. The number of rotatable bonds is 4. The molecule has 238 valence electrons. The number of para-hydroxylation sites is 3. The molecule has 11 aromatic rings.